The van der Waals surface area contributed by atoms with Crippen LogP contribution in [0.4, 0.5) is 10.5 Å². The van der Waals surface area contributed by atoms with E-state index in [9.17, 15) is 4.79 Å². The van der Waals surface area contributed by atoms with Gasteiger partial charge in [0.1, 0.15) is 0 Å². The molecule has 1 N–H and O–H groups in total. The zero-order valence-electron chi connectivity index (χ0n) is 12.7. The minimum absolute atomic E-state index is 0.0589. The van der Waals surface area contributed by atoms with Crippen LogP contribution in [-0.4, -0.2) is 23.8 Å². The molecule has 2 aromatic carbocycles. The number of para-hydroxylation sites is 1. The Kier molecular flexibility index (Phi) is 3.54. The number of benzene rings is 2. The van der Waals surface area contributed by atoms with Crippen LogP contribution in [0.2, 0.25) is 0 Å². The van der Waals surface area contributed by atoms with Gasteiger partial charge in [0, 0.05) is 18.3 Å². The zero-order chi connectivity index (χ0) is 15.6. The smallest absolute Gasteiger partial charge is 0.322 e. The molecule has 0 unspecified atom stereocenters. The molecule has 2 aromatic rings. The van der Waals surface area contributed by atoms with Crippen LogP contribution in [0.15, 0.2) is 48.5 Å². The van der Waals surface area contributed by atoms with E-state index in [4.69, 9.17) is 9.47 Å². The number of amides is 2. The number of urea groups is 1. The Hall–Kier alpha value is -2.69. The Morgan fingerprint density at radius 2 is 1.87 bits per heavy atom. The van der Waals surface area contributed by atoms with E-state index in [-0.39, 0.29) is 12.8 Å². The first kappa shape index (κ1) is 13.9. The molecule has 0 radical (unpaired) electrons. The van der Waals surface area contributed by atoms with E-state index in [2.05, 4.69) is 5.32 Å². The van der Waals surface area contributed by atoms with E-state index < -0.39 is 0 Å². The van der Waals surface area contributed by atoms with E-state index in [1.54, 1.807) is 0 Å². The second-order valence-electron chi connectivity index (χ2n) is 5.84. The number of carbonyl (C=O) groups excluding carboxylic acids is 1. The number of nitrogens with zero attached hydrogens (tertiary/aromatic N) is 1. The van der Waals surface area contributed by atoms with E-state index in [0.717, 1.165) is 35.6 Å². The average molecular weight is 310 g/mol. The normalized spacial score (nSPS) is 15.3. The van der Waals surface area contributed by atoms with Crippen molar-refractivity contribution in [3.05, 3.63) is 54.1 Å². The minimum atomic E-state index is -0.0589. The van der Waals surface area contributed by atoms with Gasteiger partial charge < -0.3 is 19.7 Å². The summed E-state index contributed by atoms with van der Waals surface area (Å²) in [7, 11) is 0. The summed E-state index contributed by atoms with van der Waals surface area (Å²) in [5, 5.41) is 2.97. The SMILES string of the molecule is O=C(Nc1ccccc1)N(Cc1ccc2c(c1)OCO2)C1CC1. The molecule has 1 saturated carbocycles. The summed E-state index contributed by atoms with van der Waals surface area (Å²) >= 11 is 0. The topological polar surface area (TPSA) is 50.8 Å². The largest absolute Gasteiger partial charge is 0.454 e. The highest BCUT2D eigenvalue weighted by molar-refractivity contribution is 5.89. The minimum Gasteiger partial charge on any atom is -0.454 e. The number of carbonyl (C=O) groups is 1. The van der Waals surface area contributed by atoms with Crippen LogP contribution in [0.25, 0.3) is 0 Å². The fraction of sp³-hybridized carbons (Fsp3) is 0.278. The first-order valence-corrected chi connectivity index (χ1v) is 7.81. The summed E-state index contributed by atoms with van der Waals surface area (Å²) in [5.41, 5.74) is 1.86. The van der Waals surface area contributed by atoms with Gasteiger partial charge in [-0.15, -0.1) is 0 Å². The van der Waals surface area contributed by atoms with E-state index in [1.807, 2.05) is 53.4 Å². The molecule has 1 fully saturated rings. The highest BCUT2D eigenvalue weighted by atomic mass is 16.7. The molecule has 1 aliphatic carbocycles. The number of anilines is 1. The quantitative estimate of drug-likeness (QED) is 0.938. The fourth-order valence-corrected chi connectivity index (χ4v) is 2.71. The van der Waals surface area contributed by atoms with Crippen molar-refractivity contribution < 1.29 is 14.3 Å². The van der Waals surface area contributed by atoms with Crippen molar-refractivity contribution in [2.75, 3.05) is 12.1 Å². The second-order valence-corrected chi connectivity index (χ2v) is 5.84. The molecule has 0 saturated heterocycles. The molecule has 4 rings (SSSR count). The van der Waals surface area contributed by atoms with Gasteiger partial charge in [-0.25, -0.2) is 4.79 Å². The molecule has 0 bridgehead atoms. The van der Waals surface area contributed by atoms with Crippen LogP contribution in [0.1, 0.15) is 18.4 Å². The average Bonchev–Trinajstić information content (AvgIpc) is 3.30. The van der Waals surface area contributed by atoms with Gasteiger partial charge in [0.15, 0.2) is 11.5 Å². The molecule has 0 atom stereocenters. The summed E-state index contributed by atoms with van der Waals surface area (Å²) in [4.78, 5) is 14.5. The van der Waals surface area contributed by atoms with Crippen molar-refractivity contribution in [1.29, 1.82) is 0 Å². The van der Waals surface area contributed by atoms with Crippen molar-refractivity contribution in [1.82, 2.24) is 4.90 Å². The zero-order valence-corrected chi connectivity index (χ0v) is 12.7. The number of ether oxygens (including phenoxy) is 2. The molecule has 2 amide bonds. The highest BCUT2D eigenvalue weighted by Crippen LogP contribution is 2.34. The van der Waals surface area contributed by atoms with Crippen molar-refractivity contribution in [2.45, 2.75) is 25.4 Å². The van der Waals surface area contributed by atoms with Gasteiger partial charge in [0.25, 0.3) is 0 Å². The maximum atomic E-state index is 12.6. The third kappa shape index (κ3) is 3.08. The lowest BCUT2D eigenvalue weighted by molar-refractivity contribution is 0.174. The van der Waals surface area contributed by atoms with Crippen LogP contribution in [-0.2, 0) is 6.54 Å². The van der Waals surface area contributed by atoms with Gasteiger partial charge in [-0.3, -0.25) is 0 Å². The summed E-state index contributed by atoms with van der Waals surface area (Å²) in [6.07, 6.45) is 2.12. The maximum absolute atomic E-state index is 12.6. The Labute approximate surface area is 134 Å². The predicted molar refractivity (Wildman–Crippen MR) is 86.6 cm³/mol. The number of fused-ring (bicyclic) bond motifs is 1. The summed E-state index contributed by atoms with van der Waals surface area (Å²) < 4.78 is 10.7. The highest BCUT2D eigenvalue weighted by Gasteiger charge is 2.33. The second kappa shape index (κ2) is 5.83. The van der Waals surface area contributed by atoms with Crippen LogP contribution in [0.3, 0.4) is 0 Å². The molecule has 23 heavy (non-hydrogen) atoms. The monoisotopic (exact) mass is 310 g/mol. The van der Waals surface area contributed by atoms with E-state index in [0.29, 0.717) is 12.6 Å². The molecule has 0 spiro atoms. The van der Waals surface area contributed by atoms with Gasteiger partial charge in [0.05, 0.1) is 0 Å². The van der Waals surface area contributed by atoms with Crippen molar-refractivity contribution in [3.63, 3.8) is 0 Å². The summed E-state index contributed by atoms with van der Waals surface area (Å²) in [6.45, 7) is 0.833. The van der Waals surface area contributed by atoms with E-state index >= 15 is 0 Å². The number of nitrogens with one attached hydrogen (secondary N) is 1. The molecule has 5 heteroatoms. The molecule has 1 aliphatic heterocycles. The van der Waals surface area contributed by atoms with Crippen LogP contribution in [0.5, 0.6) is 11.5 Å². The third-order valence-corrected chi connectivity index (χ3v) is 4.06. The van der Waals surface area contributed by atoms with Crippen LogP contribution >= 0.6 is 0 Å². The van der Waals surface area contributed by atoms with Gasteiger partial charge in [0.2, 0.25) is 6.79 Å². The maximum Gasteiger partial charge on any atom is 0.322 e. The van der Waals surface area contributed by atoms with Crippen molar-refractivity contribution in [2.24, 2.45) is 0 Å². The standard InChI is InChI=1S/C18H18N2O3/c21-18(19-14-4-2-1-3-5-14)20(15-7-8-15)11-13-6-9-16-17(10-13)23-12-22-16/h1-6,9-10,15H,7-8,11-12H2,(H,19,21). The third-order valence-electron chi connectivity index (χ3n) is 4.06. The number of hydrogen-bond acceptors (Lipinski definition) is 3. The van der Waals surface area contributed by atoms with Gasteiger partial charge >= 0.3 is 6.03 Å². The van der Waals surface area contributed by atoms with Crippen molar-refractivity contribution in [3.8, 4) is 11.5 Å². The molecular weight excluding hydrogens is 292 g/mol. The predicted octanol–water partition coefficient (Wildman–Crippen LogP) is 3.61. The van der Waals surface area contributed by atoms with Gasteiger partial charge in [-0.05, 0) is 42.7 Å². The number of hydrogen-bond donors (Lipinski definition) is 1. The van der Waals surface area contributed by atoms with Crippen LogP contribution < -0.4 is 14.8 Å². The Morgan fingerprint density at radius 3 is 2.65 bits per heavy atom. The summed E-state index contributed by atoms with van der Waals surface area (Å²) in [6, 6.07) is 15.6. The number of rotatable bonds is 4. The molecule has 2 aliphatic rings. The molecule has 118 valence electrons. The molecule has 1 heterocycles. The summed E-state index contributed by atoms with van der Waals surface area (Å²) in [5.74, 6) is 1.52. The fourth-order valence-electron chi connectivity index (χ4n) is 2.71. The Morgan fingerprint density at radius 1 is 1.09 bits per heavy atom. The molecule has 5 nitrogen and oxygen atoms in total. The lowest BCUT2D eigenvalue weighted by Gasteiger charge is -2.23. The lowest BCUT2D eigenvalue weighted by atomic mass is 10.2. The molecule has 0 aromatic heterocycles. The van der Waals surface area contributed by atoms with Gasteiger partial charge in [-0.2, -0.15) is 0 Å². The van der Waals surface area contributed by atoms with Gasteiger partial charge in [-0.1, -0.05) is 24.3 Å². The Bertz CT molecular complexity index is 713. The molecular formula is C18H18N2O3. The Balaban J connectivity index is 1.48. The van der Waals surface area contributed by atoms with Crippen LogP contribution in [0, 0.1) is 0 Å². The first-order chi connectivity index (χ1) is 11.3. The first-order valence-electron chi connectivity index (χ1n) is 7.81. The lowest BCUT2D eigenvalue weighted by Crippen LogP contribution is -2.36. The van der Waals surface area contributed by atoms with E-state index in [1.165, 1.54) is 0 Å². The van der Waals surface area contributed by atoms with Crippen molar-refractivity contribution >= 4 is 11.7 Å².